The molecule has 4 atom stereocenters. The molecule has 1 saturated heterocycles. The van der Waals surface area contributed by atoms with Gasteiger partial charge >= 0.3 is 11.9 Å². The van der Waals surface area contributed by atoms with E-state index in [9.17, 15) is 29.1 Å². The number of carboxylic acid groups (broad SMARTS) is 2. The lowest BCUT2D eigenvalue weighted by molar-refractivity contribution is -0.142. The van der Waals surface area contributed by atoms with Gasteiger partial charge in [0, 0.05) is 13.0 Å². The van der Waals surface area contributed by atoms with Crippen LogP contribution in [0.5, 0.6) is 0 Å². The first-order valence-electron chi connectivity index (χ1n) is 11.7. The summed E-state index contributed by atoms with van der Waals surface area (Å²) < 4.78 is 0. The summed E-state index contributed by atoms with van der Waals surface area (Å²) in [6.07, 6.45) is 3.24. The van der Waals surface area contributed by atoms with E-state index >= 15 is 0 Å². The first-order valence-corrected chi connectivity index (χ1v) is 13.1. The minimum Gasteiger partial charge on any atom is -0.481 e. The zero-order chi connectivity index (χ0) is 27.1. The average molecular weight is 532 g/mol. The molecular weight excluding hydrogens is 494 g/mol. The fraction of sp³-hybridized carbons (Fsp3) is 0.714. The van der Waals surface area contributed by atoms with Gasteiger partial charge in [-0.05, 0) is 57.1 Å². The van der Waals surface area contributed by atoms with Gasteiger partial charge in [0.05, 0.1) is 6.04 Å². The Balaban J connectivity index is 2.88. The summed E-state index contributed by atoms with van der Waals surface area (Å²) in [6, 6.07) is -3.96. The molecule has 0 saturated carbocycles. The van der Waals surface area contributed by atoms with Crippen molar-refractivity contribution >= 4 is 47.4 Å². The van der Waals surface area contributed by atoms with Crippen LogP contribution in [0.25, 0.3) is 0 Å². The molecule has 1 heterocycles. The Morgan fingerprint density at radius 1 is 1.00 bits per heavy atom. The molecule has 3 amide bonds. The lowest BCUT2D eigenvalue weighted by atomic mass is 10.1. The van der Waals surface area contributed by atoms with Gasteiger partial charge in [0.15, 0.2) is 5.96 Å². The lowest BCUT2D eigenvalue weighted by Crippen LogP contribution is -2.57. The highest BCUT2D eigenvalue weighted by Crippen LogP contribution is 2.09. The number of aliphatic imine (C=N–C) groups is 1. The summed E-state index contributed by atoms with van der Waals surface area (Å²) in [5.74, 6) is -3.87. The quantitative estimate of drug-likeness (QED) is 0.0577. The van der Waals surface area contributed by atoms with Crippen molar-refractivity contribution in [2.24, 2.45) is 16.5 Å². The average Bonchev–Trinajstić information content (AvgIpc) is 3.35. The van der Waals surface area contributed by atoms with E-state index in [-0.39, 0.29) is 38.2 Å². The van der Waals surface area contributed by atoms with Gasteiger partial charge in [-0.1, -0.05) is 0 Å². The van der Waals surface area contributed by atoms with Crippen molar-refractivity contribution in [3.63, 3.8) is 0 Å². The summed E-state index contributed by atoms with van der Waals surface area (Å²) in [6.45, 7) is 0.854. The van der Waals surface area contributed by atoms with E-state index in [0.29, 0.717) is 25.1 Å². The molecule has 10 N–H and O–H groups in total. The van der Waals surface area contributed by atoms with E-state index < -0.39 is 53.8 Å². The van der Waals surface area contributed by atoms with Crippen molar-refractivity contribution in [3.05, 3.63) is 0 Å². The zero-order valence-electron chi connectivity index (χ0n) is 20.3. The Kier molecular flexibility index (Phi) is 14.3. The number of hydrogen-bond acceptors (Lipinski definition) is 8. The van der Waals surface area contributed by atoms with E-state index in [1.807, 2.05) is 6.26 Å². The molecule has 14 nitrogen and oxygen atoms in total. The number of hydrogen-bond donors (Lipinski definition) is 8. The maximum Gasteiger partial charge on any atom is 0.326 e. The van der Waals surface area contributed by atoms with Gasteiger partial charge in [0.25, 0.3) is 0 Å². The van der Waals surface area contributed by atoms with E-state index in [0.717, 1.165) is 6.42 Å². The number of nitrogens with two attached hydrogens (primary N) is 2. The lowest BCUT2D eigenvalue weighted by Gasteiger charge is -2.25. The van der Waals surface area contributed by atoms with Crippen LogP contribution >= 0.6 is 11.8 Å². The van der Waals surface area contributed by atoms with Crippen LogP contribution in [0.4, 0.5) is 0 Å². The number of carboxylic acids is 2. The number of nitrogens with one attached hydrogen (secondary N) is 4. The number of rotatable bonds is 17. The predicted octanol–water partition coefficient (Wildman–Crippen LogP) is -2.05. The molecule has 1 aliphatic rings. The molecule has 204 valence electrons. The summed E-state index contributed by atoms with van der Waals surface area (Å²) >= 11 is 1.43. The molecule has 1 fully saturated rings. The summed E-state index contributed by atoms with van der Waals surface area (Å²) in [5.41, 5.74) is 10.5. The molecule has 15 heteroatoms. The number of carbonyl (C=O) groups excluding carboxylic acids is 3. The molecular formula is C21H37N7O7S. The van der Waals surface area contributed by atoms with Crippen LogP contribution in [0.2, 0.25) is 0 Å². The second kappa shape index (κ2) is 16.6. The smallest absolute Gasteiger partial charge is 0.326 e. The van der Waals surface area contributed by atoms with Crippen LogP contribution in [0.1, 0.15) is 44.9 Å². The molecule has 0 aromatic heterocycles. The van der Waals surface area contributed by atoms with Crippen molar-refractivity contribution in [1.29, 1.82) is 0 Å². The third kappa shape index (κ3) is 12.1. The molecule has 4 unspecified atom stereocenters. The number of amides is 3. The van der Waals surface area contributed by atoms with Gasteiger partial charge in [-0.2, -0.15) is 11.8 Å². The van der Waals surface area contributed by atoms with Crippen LogP contribution in [0, 0.1) is 0 Å². The van der Waals surface area contributed by atoms with E-state index in [1.165, 1.54) is 11.8 Å². The molecule has 0 radical (unpaired) electrons. The summed E-state index contributed by atoms with van der Waals surface area (Å²) in [7, 11) is 0. The number of thioether (sulfide) groups is 1. The van der Waals surface area contributed by atoms with Gasteiger partial charge in [-0.3, -0.25) is 24.2 Å². The second-order valence-electron chi connectivity index (χ2n) is 8.33. The highest BCUT2D eigenvalue weighted by Gasteiger charge is 2.31. The Bertz CT molecular complexity index is 801. The Morgan fingerprint density at radius 3 is 2.17 bits per heavy atom. The summed E-state index contributed by atoms with van der Waals surface area (Å²) in [5, 5.41) is 29.1. The van der Waals surface area contributed by atoms with E-state index in [2.05, 4.69) is 26.3 Å². The van der Waals surface area contributed by atoms with Crippen LogP contribution in [-0.4, -0.2) is 95.1 Å². The van der Waals surface area contributed by atoms with Crippen LogP contribution in [0.3, 0.4) is 0 Å². The molecule has 1 rings (SSSR count). The fourth-order valence-electron chi connectivity index (χ4n) is 3.53. The molecule has 0 bridgehead atoms. The maximum atomic E-state index is 13.0. The van der Waals surface area contributed by atoms with Gasteiger partial charge in [-0.25, -0.2) is 4.79 Å². The Hall–Kier alpha value is -3.07. The predicted molar refractivity (Wildman–Crippen MR) is 134 cm³/mol. The second-order valence-corrected chi connectivity index (χ2v) is 9.32. The SMILES string of the molecule is CSCCC(NC(=O)C(CCC(=O)O)NC(=O)C1CCCN1)C(=O)NC(CCCN=C(N)N)C(=O)O. The third-order valence-corrected chi connectivity index (χ3v) is 6.10. The van der Waals surface area contributed by atoms with Crippen molar-refractivity contribution in [3.8, 4) is 0 Å². The first-order chi connectivity index (χ1) is 17.0. The largest absolute Gasteiger partial charge is 0.481 e. The summed E-state index contributed by atoms with van der Waals surface area (Å²) in [4.78, 5) is 64.9. The maximum absolute atomic E-state index is 13.0. The molecule has 1 aliphatic heterocycles. The standard InChI is InChI=1S/C21H37N7O7S/c1-36-11-8-14(19(33)28-15(20(34)35)5-3-10-25-21(22)23)27-18(32)13(6-7-16(29)30)26-17(31)12-4-2-9-24-12/h12-15,24H,2-11H2,1H3,(H,26,31)(H,27,32)(H,28,33)(H,29,30)(H,34,35)(H4,22,23,25). The van der Waals surface area contributed by atoms with Gasteiger partial charge in [0.1, 0.15) is 18.1 Å². The normalized spacial score (nSPS) is 17.3. The zero-order valence-corrected chi connectivity index (χ0v) is 21.1. The Morgan fingerprint density at radius 2 is 1.64 bits per heavy atom. The topological polar surface area (TPSA) is 238 Å². The van der Waals surface area contributed by atoms with Gasteiger partial charge in [0.2, 0.25) is 17.7 Å². The molecule has 36 heavy (non-hydrogen) atoms. The minimum absolute atomic E-state index is 0.0622. The molecule has 0 aromatic rings. The monoisotopic (exact) mass is 531 g/mol. The molecule has 0 aromatic carbocycles. The van der Waals surface area contributed by atoms with Crippen LogP contribution in [-0.2, 0) is 24.0 Å². The van der Waals surface area contributed by atoms with Crippen molar-refractivity contribution < 1.29 is 34.2 Å². The third-order valence-electron chi connectivity index (χ3n) is 5.46. The Labute approximate surface area is 213 Å². The van der Waals surface area contributed by atoms with Crippen LogP contribution in [0.15, 0.2) is 4.99 Å². The number of carbonyl (C=O) groups is 5. The number of nitrogens with zero attached hydrogens (tertiary/aromatic N) is 1. The van der Waals surface area contributed by atoms with E-state index in [4.69, 9.17) is 16.6 Å². The minimum atomic E-state index is -1.25. The van der Waals surface area contributed by atoms with E-state index in [1.54, 1.807) is 0 Å². The highest BCUT2D eigenvalue weighted by atomic mass is 32.2. The molecule has 0 aliphatic carbocycles. The number of aliphatic carboxylic acids is 2. The van der Waals surface area contributed by atoms with Crippen molar-refractivity contribution in [1.82, 2.24) is 21.3 Å². The van der Waals surface area contributed by atoms with Crippen molar-refractivity contribution in [2.75, 3.05) is 25.1 Å². The van der Waals surface area contributed by atoms with Gasteiger partial charge < -0.3 is 42.9 Å². The fourth-order valence-corrected chi connectivity index (χ4v) is 4.00. The highest BCUT2D eigenvalue weighted by molar-refractivity contribution is 7.98. The van der Waals surface area contributed by atoms with Gasteiger partial charge in [-0.15, -0.1) is 0 Å². The van der Waals surface area contributed by atoms with Crippen LogP contribution < -0.4 is 32.7 Å². The van der Waals surface area contributed by atoms with Crippen molar-refractivity contribution in [2.45, 2.75) is 69.1 Å². The number of guanidine groups is 1. The first kappa shape index (κ1) is 31.0. The molecule has 0 spiro atoms.